The van der Waals surface area contributed by atoms with E-state index in [0.29, 0.717) is 24.6 Å². The number of methoxy groups -OCH3 is 2. The van der Waals surface area contributed by atoms with Crippen molar-refractivity contribution in [1.29, 1.82) is 0 Å². The van der Waals surface area contributed by atoms with Gasteiger partial charge < -0.3 is 20.1 Å². The highest BCUT2D eigenvalue weighted by Crippen LogP contribution is 2.27. The van der Waals surface area contributed by atoms with E-state index in [1.807, 2.05) is 18.2 Å². The van der Waals surface area contributed by atoms with E-state index in [2.05, 4.69) is 10.6 Å². The SMILES string of the molecule is COc1ccc(CNCCNc2ccc([N+](=O)[O-])cc2)cc1OC.Cl. The number of benzene rings is 2. The van der Waals surface area contributed by atoms with Gasteiger partial charge in [0.05, 0.1) is 19.1 Å². The molecule has 8 heteroatoms. The molecule has 2 N–H and O–H groups in total. The highest BCUT2D eigenvalue weighted by molar-refractivity contribution is 5.85. The second-order valence-electron chi connectivity index (χ2n) is 5.10. The first-order chi connectivity index (χ1) is 11.6. The van der Waals surface area contributed by atoms with Crippen LogP contribution in [0.15, 0.2) is 42.5 Å². The predicted octanol–water partition coefficient (Wildman–Crippen LogP) is 3.24. The zero-order chi connectivity index (χ0) is 17.4. The maximum atomic E-state index is 10.6. The number of rotatable bonds is 9. The van der Waals surface area contributed by atoms with Gasteiger partial charge in [0.2, 0.25) is 0 Å². The lowest BCUT2D eigenvalue weighted by atomic mass is 10.2. The number of nitrogens with zero attached hydrogens (tertiary/aromatic N) is 1. The standard InChI is InChI=1S/C17H21N3O4.ClH/c1-23-16-8-3-13(11-17(16)24-2)12-18-9-10-19-14-4-6-15(7-5-14)20(21)22;/h3-8,11,18-19H,9-10,12H2,1-2H3;1H. The Morgan fingerprint density at radius 3 is 2.28 bits per heavy atom. The fourth-order valence-corrected chi connectivity index (χ4v) is 2.22. The number of hydrogen-bond donors (Lipinski definition) is 2. The van der Waals surface area contributed by atoms with Crippen LogP contribution in [-0.4, -0.2) is 32.2 Å². The summed E-state index contributed by atoms with van der Waals surface area (Å²) in [4.78, 5) is 10.2. The molecular weight excluding hydrogens is 346 g/mol. The van der Waals surface area contributed by atoms with Gasteiger partial charge in [-0.05, 0) is 29.8 Å². The summed E-state index contributed by atoms with van der Waals surface area (Å²) in [6.45, 7) is 2.18. The lowest BCUT2D eigenvalue weighted by Crippen LogP contribution is -2.21. The maximum absolute atomic E-state index is 10.6. The van der Waals surface area contributed by atoms with Crippen molar-refractivity contribution in [2.75, 3.05) is 32.6 Å². The van der Waals surface area contributed by atoms with Gasteiger partial charge in [-0.15, -0.1) is 12.4 Å². The van der Waals surface area contributed by atoms with Crippen LogP contribution in [0, 0.1) is 10.1 Å². The third-order valence-corrected chi connectivity index (χ3v) is 3.49. The third kappa shape index (κ3) is 6.13. The minimum absolute atomic E-state index is 0. The summed E-state index contributed by atoms with van der Waals surface area (Å²) >= 11 is 0. The monoisotopic (exact) mass is 367 g/mol. The summed E-state index contributed by atoms with van der Waals surface area (Å²) in [5.41, 5.74) is 2.05. The first kappa shape index (κ1) is 20.5. The van der Waals surface area contributed by atoms with E-state index in [-0.39, 0.29) is 18.1 Å². The molecule has 0 heterocycles. The van der Waals surface area contributed by atoms with Crippen LogP contribution in [0.2, 0.25) is 0 Å². The molecule has 2 aromatic rings. The molecule has 0 aliphatic heterocycles. The second-order valence-corrected chi connectivity index (χ2v) is 5.10. The van der Waals surface area contributed by atoms with Gasteiger partial charge in [-0.2, -0.15) is 0 Å². The summed E-state index contributed by atoms with van der Waals surface area (Å²) < 4.78 is 10.5. The summed E-state index contributed by atoms with van der Waals surface area (Å²) in [6.07, 6.45) is 0. The Kier molecular flexibility index (Phi) is 8.52. The average molecular weight is 368 g/mol. The zero-order valence-electron chi connectivity index (χ0n) is 14.2. The summed E-state index contributed by atoms with van der Waals surface area (Å²) in [5.74, 6) is 1.42. The summed E-state index contributed by atoms with van der Waals surface area (Å²) in [5, 5.41) is 17.1. The highest BCUT2D eigenvalue weighted by atomic mass is 35.5. The lowest BCUT2D eigenvalue weighted by Gasteiger charge is -2.11. The van der Waals surface area contributed by atoms with E-state index in [1.165, 1.54) is 12.1 Å². The maximum Gasteiger partial charge on any atom is 0.269 e. The van der Waals surface area contributed by atoms with Crippen LogP contribution >= 0.6 is 12.4 Å². The number of halogens is 1. The Morgan fingerprint density at radius 1 is 1.00 bits per heavy atom. The average Bonchev–Trinajstić information content (AvgIpc) is 2.61. The molecule has 0 aromatic heterocycles. The first-order valence-electron chi connectivity index (χ1n) is 7.54. The van der Waals surface area contributed by atoms with Crippen LogP contribution in [0.25, 0.3) is 0 Å². The van der Waals surface area contributed by atoms with Gasteiger partial charge in [0, 0.05) is 37.5 Å². The van der Waals surface area contributed by atoms with Gasteiger partial charge in [-0.1, -0.05) is 6.07 Å². The first-order valence-corrected chi connectivity index (χ1v) is 7.54. The number of non-ortho nitro benzene ring substituents is 1. The van der Waals surface area contributed by atoms with E-state index < -0.39 is 4.92 Å². The van der Waals surface area contributed by atoms with Crippen molar-refractivity contribution in [2.45, 2.75) is 6.54 Å². The van der Waals surface area contributed by atoms with Crippen LogP contribution < -0.4 is 20.1 Å². The van der Waals surface area contributed by atoms with Crippen molar-refractivity contribution in [2.24, 2.45) is 0 Å². The Morgan fingerprint density at radius 2 is 1.68 bits per heavy atom. The minimum Gasteiger partial charge on any atom is -0.493 e. The van der Waals surface area contributed by atoms with E-state index >= 15 is 0 Å². The number of nitrogens with one attached hydrogen (secondary N) is 2. The molecule has 0 atom stereocenters. The van der Waals surface area contributed by atoms with Crippen molar-refractivity contribution in [3.63, 3.8) is 0 Å². The molecule has 136 valence electrons. The van der Waals surface area contributed by atoms with Crippen molar-refractivity contribution >= 4 is 23.8 Å². The molecule has 0 unspecified atom stereocenters. The quantitative estimate of drug-likeness (QED) is 0.402. The Bertz CT molecular complexity index is 680. The molecular formula is C17H22ClN3O4. The number of hydrogen-bond acceptors (Lipinski definition) is 6. The predicted molar refractivity (Wildman–Crippen MR) is 100 cm³/mol. The van der Waals surface area contributed by atoms with Crippen LogP contribution in [0.5, 0.6) is 11.5 Å². The van der Waals surface area contributed by atoms with E-state index in [1.54, 1.807) is 26.4 Å². The smallest absolute Gasteiger partial charge is 0.269 e. The van der Waals surface area contributed by atoms with Crippen LogP contribution in [-0.2, 0) is 6.54 Å². The zero-order valence-corrected chi connectivity index (χ0v) is 15.0. The molecule has 2 rings (SSSR count). The molecule has 0 saturated heterocycles. The Balaban J connectivity index is 0.00000312. The van der Waals surface area contributed by atoms with Crippen LogP contribution in [0.3, 0.4) is 0 Å². The summed E-state index contributed by atoms with van der Waals surface area (Å²) in [6, 6.07) is 12.2. The molecule has 25 heavy (non-hydrogen) atoms. The van der Waals surface area contributed by atoms with E-state index in [0.717, 1.165) is 17.8 Å². The fourth-order valence-electron chi connectivity index (χ4n) is 2.22. The van der Waals surface area contributed by atoms with Crippen molar-refractivity contribution < 1.29 is 14.4 Å². The van der Waals surface area contributed by atoms with Gasteiger partial charge in [0.1, 0.15) is 0 Å². The van der Waals surface area contributed by atoms with E-state index in [4.69, 9.17) is 9.47 Å². The molecule has 0 bridgehead atoms. The molecule has 2 aromatic carbocycles. The number of ether oxygens (including phenoxy) is 2. The molecule has 0 amide bonds. The van der Waals surface area contributed by atoms with Crippen LogP contribution in [0.4, 0.5) is 11.4 Å². The van der Waals surface area contributed by atoms with Gasteiger partial charge in [-0.3, -0.25) is 10.1 Å². The molecule has 0 aliphatic carbocycles. The van der Waals surface area contributed by atoms with Crippen LogP contribution in [0.1, 0.15) is 5.56 Å². The number of anilines is 1. The third-order valence-electron chi connectivity index (χ3n) is 3.49. The molecule has 0 saturated carbocycles. The lowest BCUT2D eigenvalue weighted by molar-refractivity contribution is -0.384. The fraction of sp³-hybridized carbons (Fsp3) is 0.294. The van der Waals surface area contributed by atoms with Crippen molar-refractivity contribution in [1.82, 2.24) is 5.32 Å². The van der Waals surface area contributed by atoms with Gasteiger partial charge in [0.15, 0.2) is 11.5 Å². The second kappa shape index (κ2) is 10.4. The number of nitro benzene ring substituents is 1. The summed E-state index contributed by atoms with van der Waals surface area (Å²) in [7, 11) is 3.23. The van der Waals surface area contributed by atoms with Crippen molar-refractivity contribution in [3.05, 3.63) is 58.1 Å². The highest BCUT2D eigenvalue weighted by Gasteiger charge is 2.05. The Hall–Kier alpha value is -2.51. The Labute approximate surface area is 152 Å². The number of nitro groups is 1. The van der Waals surface area contributed by atoms with E-state index in [9.17, 15) is 10.1 Å². The minimum atomic E-state index is -0.408. The largest absolute Gasteiger partial charge is 0.493 e. The molecule has 7 nitrogen and oxygen atoms in total. The molecule has 0 radical (unpaired) electrons. The van der Waals surface area contributed by atoms with Gasteiger partial charge in [-0.25, -0.2) is 0 Å². The van der Waals surface area contributed by atoms with Crippen molar-refractivity contribution in [3.8, 4) is 11.5 Å². The molecule has 0 aliphatic rings. The van der Waals surface area contributed by atoms with Gasteiger partial charge in [0.25, 0.3) is 5.69 Å². The molecule has 0 spiro atoms. The van der Waals surface area contributed by atoms with Gasteiger partial charge >= 0.3 is 0 Å². The molecule has 0 fully saturated rings. The topological polar surface area (TPSA) is 85.7 Å². The normalized spacial score (nSPS) is 9.84.